The predicted octanol–water partition coefficient (Wildman–Crippen LogP) is 3.86. The van der Waals surface area contributed by atoms with Crippen LogP contribution in [0.3, 0.4) is 0 Å². The fourth-order valence-electron chi connectivity index (χ4n) is 4.11. The minimum absolute atomic E-state index is 0.197. The molecule has 32 heavy (non-hydrogen) atoms. The second kappa shape index (κ2) is 7.72. The van der Waals surface area contributed by atoms with E-state index >= 15 is 0 Å². The summed E-state index contributed by atoms with van der Waals surface area (Å²) in [7, 11) is -3.75. The Morgan fingerprint density at radius 1 is 0.906 bits per heavy atom. The number of H-pyrrole nitrogens is 1. The van der Waals surface area contributed by atoms with Crippen LogP contribution in [-0.4, -0.2) is 28.6 Å². The number of anilines is 1. The Morgan fingerprint density at radius 2 is 1.50 bits per heavy atom. The first kappa shape index (κ1) is 20.1. The largest absolute Gasteiger partial charge is 0.280 e. The summed E-state index contributed by atoms with van der Waals surface area (Å²) in [4.78, 5) is 8.51. The van der Waals surface area contributed by atoms with Crippen molar-refractivity contribution in [1.82, 2.24) is 20.2 Å². The molecule has 0 fully saturated rings. The minimum atomic E-state index is -3.75. The lowest BCUT2D eigenvalue weighted by Gasteiger charge is -2.34. The van der Waals surface area contributed by atoms with Crippen molar-refractivity contribution in [2.75, 3.05) is 4.72 Å². The van der Waals surface area contributed by atoms with Crippen molar-refractivity contribution in [3.63, 3.8) is 0 Å². The highest BCUT2D eigenvalue weighted by Gasteiger charge is 2.37. The third-order valence-electron chi connectivity index (χ3n) is 5.83. The van der Waals surface area contributed by atoms with Gasteiger partial charge in [0.25, 0.3) is 10.0 Å². The molecule has 0 saturated carbocycles. The molecule has 1 aliphatic rings. The van der Waals surface area contributed by atoms with Gasteiger partial charge in [0.05, 0.1) is 4.90 Å². The van der Waals surface area contributed by atoms with Crippen molar-refractivity contribution < 1.29 is 8.42 Å². The molecule has 0 saturated heterocycles. The van der Waals surface area contributed by atoms with Crippen LogP contribution in [0.25, 0.3) is 6.08 Å². The van der Waals surface area contributed by atoms with E-state index in [0.29, 0.717) is 6.42 Å². The molecule has 5 rings (SSSR count). The van der Waals surface area contributed by atoms with Gasteiger partial charge < -0.3 is 0 Å². The van der Waals surface area contributed by atoms with E-state index in [2.05, 4.69) is 31.0 Å². The van der Waals surface area contributed by atoms with Crippen LogP contribution in [0.2, 0.25) is 0 Å². The normalized spacial score (nSPS) is 14.7. The Hall–Kier alpha value is -3.78. The predicted molar refractivity (Wildman–Crippen MR) is 123 cm³/mol. The molecule has 1 aromatic carbocycles. The Morgan fingerprint density at radius 3 is 2.09 bits per heavy atom. The van der Waals surface area contributed by atoms with Crippen molar-refractivity contribution in [2.45, 2.75) is 23.7 Å². The third kappa shape index (κ3) is 3.48. The lowest BCUT2D eigenvalue weighted by atomic mass is 9.69. The molecule has 3 aromatic heterocycles. The van der Waals surface area contributed by atoms with Crippen LogP contribution in [0.4, 0.5) is 5.82 Å². The van der Waals surface area contributed by atoms with Gasteiger partial charge in [-0.3, -0.25) is 19.8 Å². The third-order valence-corrected chi connectivity index (χ3v) is 7.18. The number of allylic oxidation sites excluding steroid dienone is 1. The van der Waals surface area contributed by atoms with Crippen LogP contribution >= 0.6 is 0 Å². The number of nitrogens with one attached hydrogen (secondary N) is 2. The molecule has 2 N–H and O–H groups in total. The van der Waals surface area contributed by atoms with Crippen LogP contribution in [0.15, 0.2) is 84.3 Å². The first-order chi connectivity index (χ1) is 15.5. The number of hydrogen-bond donors (Lipinski definition) is 2. The topological polar surface area (TPSA) is 101 Å². The summed E-state index contributed by atoms with van der Waals surface area (Å²) in [5, 5.41) is 7.33. The molecule has 7 nitrogen and oxygen atoms in total. The SMILES string of the molecule is Cc1ccc(S(=O)(=O)Nc2n[nH]c3c2C=CC(c2ccncc2)(c2ccncc2)C3)cc1. The molecule has 0 aliphatic heterocycles. The van der Waals surface area contributed by atoms with Gasteiger partial charge in [0.15, 0.2) is 5.82 Å². The van der Waals surface area contributed by atoms with Crippen LogP contribution in [0.1, 0.15) is 27.9 Å². The number of nitrogens with zero attached hydrogens (tertiary/aromatic N) is 3. The second-order valence-corrected chi connectivity index (χ2v) is 9.52. The van der Waals surface area contributed by atoms with Gasteiger partial charge in [0, 0.05) is 47.9 Å². The summed E-state index contributed by atoms with van der Waals surface area (Å²) in [5.41, 5.74) is 4.29. The number of hydrogen-bond acceptors (Lipinski definition) is 5. The summed E-state index contributed by atoms with van der Waals surface area (Å²) in [6.07, 6.45) is 11.7. The van der Waals surface area contributed by atoms with E-state index in [0.717, 1.165) is 27.9 Å². The van der Waals surface area contributed by atoms with Gasteiger partial charge in [-0.15, -0.1) is 0 Å². The smallest absolute Gasteiger partial charge is 0.263 e. The lowest BCUT2D eigenvalue weighted by Crippen LogP contribution is -2.30. The molecule has 0 spiro atoms. The maximum absolute atomic E-state index is 12.9. The molecule has 0 bridgehead atoms. The van der Waals surface area contributed by atoms with Gasteiger partial charge in [0.2, 0.25) is 0 Å². The molecule has 8 heteroatoms. The van der Waals surface area contributed by atoms with Crippen molar-refractivity contribution >= 4 is 21.9 Å². The van der Waals surface area contributed by atoms with Crippen LogP contribution < -0.4 is 4.72 Å². The maximum Gasteiger partial charge on any atom is 0.263 e. The Kier molecular flexibility index (Phi) is 4.86. The number of benzene rings is 1. The van der Waals surface area contributed by atoms with Crippen molar-refractivity contribution in [3.8, 4) is 0 Å². The first-order valence-electron chi connectivity index (χ1n) is 10.1. The quantitative estimate of drug-likeness (QED) is 0.488. The highest BCUT2D eigenvalue weighted by atomic mass is 32.2. The van der Waals surface area contributed by atoms with E-state index in [4.69, 9.17) is 0 Å². The van der Waals surface area contributed by atoms with E-state index < -0.39 is 15.4 Å². The van der Waals surface area contributed by atoms with Gasteiger partial charge >= 0.3 is 0 Å². The Bertz CT molecular complexity index is 1340. The highest BCUT2D eigenvalue weighted by Crippen LogP contribution is 2.42. The monoisotopic (exact) mass is 443 g/mol. The molecule has 0 radical (unpaired) electrons. The molecular formula is C24H21N5O2S. The number of sulfonamides is 1. The zero-order valence-corrected chi connectivity index (χ0v) is 18.2. The summed E-state index contributed by atoms with van der Waals surface area (Å²) in [5.74, 6) is 0.287. The van der Waals surface area contributed by atoms with E-state index in [1.807, 2.05) is 37.3 Å². The molecule has 0 unspecified atom stereocenters. The molecule has 4 aromatic rings. The van der Waals surface area contributed by atoms with Gasteiger partial charge in [-0.25, -0.2) is 8.42 Å². The van der Waals surface area contributed by atoms with E-state index in [-0.39, 0.29) is 10.7 Å². The van der Waals surface area contributed by atoms with Gasteiger partial charge in [-0.2, -0.15) is 5.10 Å². The van der Waals surface area contributed by atoms with E-state index in [1.54, 1.807) is 49.1 Å². The minimum Gasteiger partial charge on any atom is -0.280 e. The zero-order valence-electron chi connectivity index (χ0n) is 17.4. The molecule has 160 valence electrons. The zero-order chi connectivity index (χ0) is 22.2. The summed E-state index contributed by atoms with van der Waals surface area (Å²) in [6.45, 7) is 1.91. The van der Waals surface area contributed by atoms with Crippen LogP contribution in [0, 0.1) is 6.92 Å². The molecular weight excluding hydrogens is 422 g/mol. The summed E-state index contributed by atoms with van der Waals surface area (Å²) < 4.78 is 28.4. The number of pyridine rings is 2. The molecule has 0 amide bonds. The Labute approximate surface area is 186 Å². The van der Waals surface area contributed by atoms with Crippen LogP contribution in [-0.2, 0) is 21.9 Å². The van der Waals surface area contributed by atoms with Crippen molar-refractivity contribution in [3.05, 3.63) is 107 Å². The first-order valence-corrected chi connectivity index (χ1v) is 11.6. The van der Waals surface area contributed by atoms with Gasteiger partial charge in [0.1, 0.15) is 0 Å². The van der Waals surface area contributed by atoms with Crippen molar-refractivity contribution in [2.24, 2.45) is 0 Å². The molecule has 3 heterocycles. The van der Waals surface area contributed by atoms with Gasteiger partial charge in [-0.1, -0.05) is 29.8 Å². The average molecular weight is 444 g/mol. The Balaban J connectivity index is 1.53. The standard InChI is InChI=1S/C24H21N5O2S/c1-17-2-4-20(5-3-17)32(30,31)29-23-21-6-11-24(16-22(21)27-28-23,18-7-12-25-13-8-18)19-9-14-26-15-10-19/h2-15H,16H2,1H3,(H2,27,28,29). The van der Waals surface area contributed by atoms with Gasteiger partial charge in [-0.05, 0) is 54.4 Å². The van der Waals surface area contributed by atoms with Crippen molar-refractivity contribution in [1.29, 1.82) is 0 Å². The lowest BCUT2D eigenvalue weighted by molar-refractivity contribution is 0.601. The number of fused-ring (bicyclic) bond motifs is 1. The van der Waals surface area contributed by atoms with Crippen LogP contribution in [0.5, 0.6) is 0 Å². The molecule has 1 aliphatic carbocycles. The number of aryl methyl sites for hydroxylation is 1. The second-order valence-electron chi connectivity index (χ2n) is 7.84. The van der Waals surface area contributed by atoms with E-state index in [1.165, 1.54) is 0 Å². The summed E-state index contributed by atoms with van der Waals surface area (Å²) in [6, 6.07) is 14.7. The number of aromatic nitrogens is 4. The fourth-order valence-corrected chi connectivity index (χ4v) is 5.13. The number of aromatic amines is 1. The molecule has 0 atom stereocenters. The summed E-state index contributed by atoms with van der Waals surface area (Å²) >= 11 is 0. The van der Waals surface area contributed by atoms with E-state index in [9.17, 15) is 8.42 Å². The fraction of sp³-hybridized carbons (Fsp3) is 0.125. The number of rotatable bonds is 5. The average Bonchev–Trinajstić information content (AvgIpc) is 3.21. The maximum atomic E-state index is 12.9. The highest BCUT2D eigenvalue weighted by molar-refractivity contribution is 7.92.